The number of aromatic amines is 1. The molecule has 0 spiro atoms. The van der Waals surface area contributed by atoms with Crippen LogP contribution in [0.5, 0.6) is 5.88 Å². The van der Waals surface area contributed by atoms with Crippen molar-refractivity contribution in [1.29, 1.82) is 0 Å². The van der Waals surface area contributed by atoms with E-state index in [4.69, 9.17) is 21.6 Å². The number of hydrogen-bond acceptors (Lipinski definition) is 7. The van der Waals surface area contributed by atoms with Gasteiger partial charge in [-0.25, -0.2) is 22.9 Å². The molecule has 3 N–H and O–H groups in total. The van der Waals surface area contributed by atoms with Gasteiger partial charge in [-0.15, -0.1) is 6.42 Å². The van der Waals surface area contributed by atoms with Crippen LogP contribution in [-0.4, -0.2) is 47.4 Å². The largest absolute Gasteiger partial charge is 0.475 e. The fourth-order valence-electron chi connectivity index (χ4n) is 4.90. The molecule has 4 heterocycles. The molecule has 0 unspecified atom stereocenters. The predicted octanol–water partition coefficient (Wildman–Crippen LogP) is 3.11. The lowest BCUT2D eigenvalue weighted by Crippen LogP contribution is -2.42. The first-order valence-electron chi connectivity index (χ1n) is 11.2. The zero-order valence-corrected chi connectivity index (χ0v) is 18.7. The normalized spacial score (nSPS) is 17.3. The third kappa shape index (κ3) is 3.25. The van der Waals surface area contributed by atoms with Gasteiger partial charge in [0.15, 0.2) is 17.5 Å². The standard InChI is InChI=1S/C25H18F3N5O3/c1-2-14-17-11(7-16(26)19(14)27)6-12(29)8-15(17)21-20(28)22-18-23(32-25(34)31-22)33-4-3-5-35-9-13(33)10-36-24(18)30-21/h1,6-8,13H,3-5,9-10,29H2,(H,31,32,34)/t13-/m1/s1. The number of fused-ring (bicyclic) bond motifs is 3. The maximum absolute atomic E-state index is 16.1. The second-order valence-electron chi connectivity index (χ2n) is 8.64. The third-order valence-corrected chi connectivity index (χ3v) is 6.44. The van der Waals surface area contributed by atoms with Gasteiger partial charge in [-0.3, -0.25) is 0 Å². The number of ether oxygens (including phenoxy) is 2. The van der Waals surface area contributed by atoms with Gasteiger partial charge < -0.3 is 25.1 Å². The Balaban J connectivity index is 1.70. The Morgan fingerprint density at radius 2 is 1.97 bits per heavy atom. The Hall–Kier alpha value is -4.30. The fourth-order valence-corrected chi connectivity index (χ4v) is 4.90. The number of nitrogens with zero attached hydrogens (tertiary/aromatic N) is 3. The summed E-state index contributed by atoms with van der Waals surface area (Å²) < 4.78 is 56.6. The third-order valence-electron chi connectivity index (χ3n) is 6.44. The summed E-state index contributed by atoms with van der Waals surface area (Å²) in [4.78, 5) is 25.4. The van der Waals surface area contributed by atoms with Gasteiger partial charge in [-0.05, 0) is 30.0 Å². The smallest absolute Gasteiger partial charge is 0.347 e. The summed E-state index contributed by atoms with van der Waals surface area (Å²) in [5.74, 6) is -0.919. The first-order chi connectivity index (χ1) is 17.4. The molecule has 2 aliphatic rings. The topological polar surface area (TPSA) is 106 Å². The van der Waals surface area contributed by atoms with E-state index in [2.05, 4.69) is 20.9 Å². The minimum atomic E-state index is -1.25. The SMILES string of the molecule is C#Cc1c(F)c(F)cc2cc(N)cc(-c3nc4c5c(nc(=O)[nH]c5c3F)N3CCCOC[C@@H]3CO4)c12. The Bertz CT molecular complexity index is 1680. The highest BCUT2D eigenvalue weighted by Gasteiger charge is 2.33. The van der Waals surface area contributed by atoms with Crippen molar-refractivity contribution in [1.82, 2.24) is 15.0 Å². The number of benzene rings is 2. The van der Waals surface area contributed by atoms with Gasteiger partial charge in [0.1, 0.15) is 23.5 Å². The van der Waals surface area contributed by atoms with Crippen LogP contribution in [0.4, 0.5) is 24.7 Å². The monoisotopic (exact) mass is 493 g/mol. The minimum absolute atomic E-state index is 0.0219. The number of aromatic nitrogens is 3. The van der Waals surface area contributed by atoms with Crippen LogP contribution in [0.25, 0.3) is 32.9 Å². The van der Waals surface area contributed by atoms with E-state index in [0.29, 0.717) is 26.2 Å². The summed E-state index contributed by atoms with van der Waals surface area (Å²) in [6.07, 6.45) is 6.19. The van der Waals surface area contributed by atoms with Crippen molar-refractivity contribution in [2.75, 3.05) is 37.0 Å². The maximum atomic E-state index is 16.1. The average molecular weight is 493 g/mol. The highest BCUT2D eigenvalue weighted by molar-refractivity contribution is 6.04. The highest BCUT2D eigenvalue weighted by Crippen LogP contribution is 2.41. The number of anilines is 2. The summed E-state index contributed by atoms with van der Waals surface area (Å²) >= 11 is 0. The second kappa shape index (κ2) is 8.13. The summed E-state index contributed by atoms with van der Waals surface area (Å²) in [6.45, 7) is 1.54. The molecule has 1 fully saturated rings. The lowest BCUT2D eigenvalue weighted by atomic mass is 9.95. The van der Waals surface area contributed by atoms with Crippen LogP contribution in [0, 0.1) is 29.8 Å². The molecule has 182 valence electrons. The molecule has 6 rings (SSSR count). The van der Waals surface area contributed by atoms with E-state index in [-0.39, 0.29) is 63.0 Å². The molecule has 4 aromatic rings. The molecule has 36 heavy (non-hydrogen) atoms. The average Bonchev–Trinajstić information content (AvgIpc) is 3.16. The van der Waals surface area contributed by atoms with E-state index in [0.717, 1.165) is 6.07 Å². The van der Waals surface area contributed by atoms with Gasteiger partial charge in [0.2, 0.25) is 5.88 Å². The quantitative estimate of drug-likeness (QED) is 0.310. The van der Waals surface area contributed by atoms with Gasteiger partial charge >= 0.3 is 5.69 Å². The van der Waals surface area contributed by atoms with Gasteiger partial charge in [0, 0.05) is 29.8 Å². The van der Waals surface area contributed by atoms with Gasteiger partial charge in [0.05, 0.1) is 23.7 Å². The molecule has 2 aliphatic heterocycles. The Morgan fingerprint density at radius 1 is 1.14 bits per heavy atom. The first kappa shape index (κ1) is 22.2. The summed E-state index contributed by atoms with van der Waals surface area (Å²) in [7, 11) is 0. The molecule has 0 bridgehead atoms. The lowest BCUT2D eigenvalue weighted by Gasteiger charge is -2.27. The fraction of sp³-hybridized carbons (Fsp3) is 0.240. The van der Waals surface area contributed by atoms with Crippen LogP contribution < -0.4 is 21.1 Å². The molecule has 2 aromatic heterocycles. The highest BCUT2D eigenvalue weighted by atomic mass is 19.2. The molecule has 0 radical (unpaired) electrons. The number of H-pyrrole nitrogens is 1. The van der Waals surface area contributed by atoms with Gasteiger partial charge in [-0.2, -0.15) is 4.98 Å². The van der Waals surface area contributed by atoms with Crippen LogP contribution in [0.2, 0.25) is 0 Å². The summed E-state index contributed by atoms with van der Waals surface area (Å²) in [6, 6.07) is 3.42. The second-order valence-corrected chi connectivity index (χ2v) is 8.64. The Kier molecular flexibility index (Phi) is 5.01. The molecule has 1 atom stereocenters. The summed E-state index contributed by atoms with van der Waals surface area (Å²) in [5.41, 5.74) is 4.55. The van der Waals surface area contributed by atoms with Gasteiger partial charge in [0.25, 0.3) is 0 Å². The van der Waals surface area contributed by atoms with Crippen molar-refractivity contribution >= 4 is 33.2 Å². The Labute approximate surface area is 201 Å². The molecular weight excluding hydrogens is 475 g/mol. The van der Waals surface area contributed by atoms with E-state index in [1.165, 1.54) is 12.1 Å². The predicted molar refractivity (Wildman–Crippen MR) is 127 cm³/mol. The minimum Gasteiger partial charge on any atom is -0.475 e. The van der Waals surface area contributed by atoms with Crippen LogP contribution in [-0.2, 0) is 4.74 Å². The van der Waals surface area contributed by atoms with E-state index >= 15 is 4.39 Å². The number of hydrogen-bond donors (Lipinski definition) is 2. The molecule has 11 heteroatoms. The molecule has 2 aromatic carbocycles. The van der Waals surface area contributed by atoms with Crippen LogP contribution in [0.1, 0.15) is 12.0 Å². The van der Waals surface area contributed by atoms with E-state index in [9.17, 15) is 13.6 Å². The number of pyridine rings is 1. The van der Waals surface area contributed by atoms with Crippen LogP contribution in [0.15, 0.2) is 23.0 Å². The molecule has 0 aliphatic carbocycles. The maximum Gasteiger partial charge on any atom is 0.347 e. The number of terminal acetylenes is 1. The molecule has 0 amide bonds. The van der Waals surface area contributed by atoms with Crippen molar-refractivity contribution in [3.05, 3.63) is 51.7 Å². The van der Waals surface area contributed by atoms with E-state index < -0.39 is 28.7 Å². The number of nitrogen functional groups attached to an aromatic ring is 1. The van der Waals surface area contributed by atoms with Crippen molar-refractivity contribution < 1.29 is 22.6 Å². The van der Waals surface area contributed by atoms with Crippen molar-refractivity contribution in [2.45, 2.75) is 12.5 Å². The number of nitrogens with two attached hydrogens (primary N) is 1. The lowest BCUT2D eigenvalue weighted by molar-refractivity contribution is 0.119. The van der Waals surface area contributed by atoms with Crippen LogP contribution in [0.3, 0.4) is 0 Å². The zero-order chi connectivity index (χ0) is 25.1. The molecular formula is C25H18F3N5O3. The van der Waals surface area contributed by atoms with Crippen molar-refractivity contribution in [3.8, 4) is 29.5 Å². The summed E-state index contributed by atoms with van der Waals surface area (Å²) in [5, 5.41) is 0.415. The first-order valence-corrected chi connectivity index (χ1v) is 11.2. The number of halogens is 3. The van der Waals surface area contributed by atoms with E-state index in [1.54, 1.807) is 0 Å². The molecule has 8 nitrogen and oxygen atoms in total. The van der Waals surface area contributed by atoms with E-state index in [1.807, 2.05) is 4.90 Å². The van der Waals surface area contributed by atoms with Crippen LogP contribution >= 0.6 is 0 Å². The van der Waals surface area contributed by atoms with Crippen molar-refractivity contribution in [3.63, 3.8) is 0 Å². The Morgan fingerprint density at radius 3 is 2.78 bits per heavy atom. The van der Waals surface area contributed by atoms with Crippen molar-refractivity contribution in [2.24, 2.45) is 0 Å². The zero-order valence-electron chi connectivity index (χ0n) is 18.7. The number of rotatable bonds is 1. The molecule has 1 saturated heterocycles. The van der Waals surface area contributed by atoms with Gasteiger partial charge in [-0.1, -0.05) is 5.92 Å². The number of nitrogens with one attached hydrogen (secondary N) is 1. The molecule has 0 saturated carbocycles.